The second-order valence-electron chi connectivity index (χ2n) is 5.73. The van der Waals surface area contributed by atoms with Gasteiger partial charge >= 0.3 is 0 Å². The SMILES string of the molecule is O[C@@H]1CCc2cc(OCC3CCCCC3)ccc21. The molecule has 2 aliphatic rings. The van der Waals surface area contributed by atoms with Crippen molar-refractivity contribution in [3.8, 4) is 5.75 Å². The highest BCUT2D eigenvalue weighted by molar-refractivity contribution is 5.39. The maximum Gasteiger partial charge on any atom is 0.119 e. The van der Waals surface area contributed by atoms with Crippen LogP contribution in [0.1, 0.15) is 55.8 Å². The predicted molar refractivity (Wildman–Crippen MR) is 71.8 cm³/mol. The van der Waals surface area contributed by atoms with Crippen LogP contribution < -0.4 is 4.74 Å². The largest absolute Gasteiger partial charge is 0.493 e. The van der Waals surface area contributed by atoms with Crippen LogP contribution in [-0.2, 0) is 6.42 Å². The summed E-state index contributed by atoms with van der Waals surface area (Å²) in [6.07, 6.45) is 8.36. The first-order valence-electron chi connectivity index (χ1n) is 7.26. The Kier molecular flexibility index (Phi) is 3.55. The molecule has 2 nitrogen and oxygen atoms in total. The number of aliphatic hydroxyl groups is 1. The first kappa shape index (κ1) is 12.0. The van der Waals surface area contributed by atoms with Gasteiger partial charge in [-0.3, -0.25) is 0 Å². The average molecular weight is 246 g/mol. The fourth-order valence-corrected chi connectivity index (χ4v) is 3.23. The molecule has 1 fully saturated rings. The third-order valence-corrected chi connectivity index (χ3v) is 4.37. The van der Waals surface area contributed by atoms with E-state index < -0.39 is 0 Å². The normalized spacial score (nSPS) is 23.9. The van der Waals surface area contributed by atoms with Crippen LogP contribution >= 0.6 is 0 Å². The van der Waals surface area contributed by atoms with Crippen LogP contribution in [0.15, 0.2) is 18.2 Å². The van der Waals surface area contributed by atoms with Crippen molar-refractivity contribution in [1.29, 1.82) is 0 Å². The number of hydrogen-bond donors (Lipinski definition) is 1. The van der Waals surface area contributed by atoms with Crippen LogP contribution in [-0.4, -0.2) is 11.7 Å². The minimum absolute atomic E-state index is 0.257. The van der Waals surface area contributed by atoms with E-state index in [1.54, 1.807) is 0 Å². The van der Waals surface area contributed by atoms with E-state index in [-0.39, 0.29) is 6.10 Å². The topological polar surface area (TPSA) is 29.5 Å². The molecule has 0 heterocycles. The molecule has 1 N–H and O–H groups in total. The molecule has 0 radical (unpaired) electrons. The second-order valence-corrected chi connectivity index (χ2v) is 5.73. The molecule has 1 atom stereocenters. The zero-order valence-corrected chi connectivity index (χ0v) is 10.9. The molecular formula is C16H22O2. The fourth-order valence-electron chi connectivity index (χ4n) is 3.23. The van der Waals surface area contributed by atoms with Gasteiger partial charge in [0.2, 0.25) is 0 Å². The predicted octanol–water partition coefficient (Wildman–Crippen LogP) is 3.63. The molecule has 1 aromatic carbocycles. The molecule has 3 rings (SSSR count). The summed E-state index contributed by atoms with van der Waals surface area (Å²) in [6.45, 7) is 0.862. The summed E-state index contributed by atoms with van der Waals surface area (Å²) in [4.78, 5) is 0. The van der Waals surface area contributed by atoms with Crippen LogP contribution in [0.2, 0.25) is 0 Å². The Hall–Kier alpha value is -1.02. The molecule has 2 aliphatic carbocycles. The van der Waals surface area contributed by atoms with Gasteiger partial charge in [-0.25, -0.2) is 0 Å². The summed E-state index contributed by atoms with van der Waals surface area (Å²) >= 11 is 0. The van der Waals surface area contributed by atoms with E-state index in [0.717, 1.165) is 36.7 Å². The molecule has 18 heavy (non-hydrogen) atoms. The van der Waals surface area contributed by atoms with Gasteiger partial charge in [-0.15, -0.1) is 0 Å². The van der Waals surface area contributed by atoms with Gasteiger partial charge in [0.1, 0.15) is 5.75 Å². The molecule has 2 heteroatoms. The summed E-state index contributed by atoms with van der Waals surface area (Å²) in [5.41, 5.74) is 2.36. The van der Waals surface area contributed by atoms with E-state index >= 15 is 0 Å². The van der Waals surface area contributed by atoms with Crippen molar-refractivity contribution in [2.75, 3.05) is 6.61 Å². The Morgan fingerprint density at radius 2 is 1.94 bits per heavy atom. The summed E-state index contributed by atoms with van der Waals surface area (Å²) in [7, 11) is 0. The van der Waals surface area contributed by atoms with Crippen LogP contribution in [0, 0.1) is 5.92 Å². The third-order valence-electron chi connectivity index (χ3n) is 4.37. The van der Waals surface area contributed by atoms with Crippen molar-refractivity contribution in [3.63, 3.8) is 0 Å². The van der Waals surface area contributed by atoms with Gasteiger partial charge in [-0.05, 0) is 54.9 Å². The molecular weight excluding hydrogens is 224 g/mol. The lowest BCUT2D eigenvalue weighted by Crippen LogP contribution is -2.15. The lowest BCUT2D eigenvalue weighted by Gasteiger charge is -2.21. The number of rotatable bonds is 3. The average Bonchev–Trinajstić information content (AvgIpc) is 2.79. The van der Waals surface area contributed by atoms with Crippen molar-refractivity contribution in [3.05, 3.63) is 29.3 Å². The number of hydrogen-bond acceptors (Lipinski definition) is 2. The summed E-state index contributed by atoms with van der Waals surface area (Å²) in [5, 5.41) is 9.77. The minimum Gasteiger partial charge on any atom is -0.493 e. The van der Waals surface area contributed by atoms with Gasteiger partial charge in [0.15, 0.2) is 0 Å². The Balaban J connectivity index is 1.60. The first-order valence-corrected chi connectivity index (χ1v) is 7.26. The number of aryl methyl sites for hydroxylation is 1. The zero-order valence-electron chi connectivity index (χ0n) is 10.9. The van der Waals surface area contributed by atoms with Crippen molar-refractivity contribution in [2.45, 2.75) is 51.0 Å². The van der Waals surface area contributed by atoms with Gasteiger partial charge in [-0.2, -0.15) is 0 Å². The van der Waals surface area contributed by atoms with Gasteiger partial charge in [0.25, 0.3) is 0 Å². The van der Waals surface area contributed by atoms with E-state index in [2.05, 4.69) is 6.07 Å². The molecule has 1 saturated carbocycles. The number of benzene rings is 1. The van der Waals surface area contributed by atoms with Gasteiger partial charge in [-0.1, -0.05) is 25.3 Å². The molecule has 0 aromatic heterocycles. The summed E-state index contributed by atoms with van der Waals surface area (Å²) in [5.74, 6) is 1.73. The second kappa shape index (κ2) is 5.31. The van der Waals surface area contributed by atoms with Crippen LogP contribution in [0.4, 0.5) is 0 Å². The maximum atomic E-state index is 9.77. The molecule has 0 aliphatic heterocycles. The van der Waals surface area contributed by atoms with Crippen LogP contribution in [0.3, 0.4) is 0 Å². The first-order chi connectivity index (χ1) is 8.83. The molecule has 0 unspecified atom stereocenters. The van der Waals surface area contributed by atoms with Gasteiger partial charge < -0.3 is 9.84 Å². The summed E-state index contributed by atoms with van der Waals surface area (Å²) in [6, 6.07) is 6.16. The molecule has 0 spiro atoms. The maximum absolute atomic E-state index is 9.77. The van der Waals surface area contributed by atoms with Gasteiger partial charge in [0.05, 0.1) is 12.7 Å². The van der Waals surface area contributed by atoms with E-state index in [0.29, 0.717) is 0 Å². The van der Waals surface area contributed by atoms with Crippen molar-refractivity contribution in [1.82, 2.24) is 0 Å². The quantitative estimate of drug-likeness (QED) is 0.882. The standard InChI is InChI=1S/C16H22O2/c17-16-9-6-13-10-14(7-8-15(13)16)18-11-12-4-2-1-3-5-12/h7-8,10,12,16-17H,1-6,9,11H2/t16-/m1/s1. The Morgan fingerprint density at radius 1 is 1.11 bits per heavy atom. The zero-order chi connectivity index (χ0) is 12.4. The van der Waals surface area contributed by atoms with Crippen molar-refractivity contribution >= 4 is 0 Å². The van der Waals surface area contributed by atoms with Crippen LogP contribution in [0.25, 0.3) is 0 Å². The molecule has 0 bridgehead atoms. The highest BCUT2D eigenvalue weighted by Gasteiger charge is 2.20. The Morgan fingerprint density at radius 3 is 2.78 bits per heavy atom. The number of fused-ring (bicyclic) bond motifs is 1. The molecule has 0 saturated heterocycles. The van der Waals surface area contributed by atoms with Gasteiger partial charge in [0, 0.05) is 0 Å². The third kappa shape index (κ3) is 2.54. The van der Waals surface area contributed by atoms with E-state index in [9.17, 15) is 5.11 Å². The van der Waals surface area contributed by atoms with Crippen molar-refractivity contribution < 1.29 is 9.84 Å². The molecule has 1 aromatic rings. The minimum atomic E-state index is -0.257. The highest BCUT2D eigenvalue weighted by atomic mass is 16.5. The molecule has 0 amide bonds. The van der Waals surface area contributed by atoms with E-state index in [1.807, 2.05) is 12.1 Å². The molecule has 98 valence electrons. The van der Waals surface area contributed by atoms with Crippen molar-refractivity contribution in [2.24, 2.45) is 5.92 Å². The fraction of sp³-hybridized carbons (Fsp3) is 0.625. The summed E-state index contributed by atoms with van der Waals surface area (Å²) < 4.78 is 5.92. The number of ether oxygens (including phenoxy) is 1. The Labute approximate surface area is 109 Å². The monoisotopic (exact) mass is 246 g/mol. The van der Waals surface area contributed by atoms with Crippen LogP contribution in [0.5, 0.6) is 5.75 Å². The number of aliphatic hydroxyl groups excluding tert-OH is 1. The Bertz CT molecular complexity index is 408. The lowest BCUT2D eigenvalue weighted by atomic mass is 9.90. The highest BCUT2D eigenvalue weighted by Crippen LogP contribution is 2.33. The lowest BCUT2D eigenvalue weighted by molar-refractivity contribution is 0.180. The van der Waals surface area contributed by atoms with E-state index in [4.69, 9.17) is 4.74 Å². The smallest absolute Gasteiger partial charge is 0.119 e. The van der Waals surface area contributed by atoms with E-state index in [1.165, 1.54) is 37.7 Å².